The Bertz CT molecular complexity index is 1070. The standard InChI is InChI=1S/C23H29ClFN3O4S/c1-3-32-22-11-10-17(33(30,31)28-12-5-4-6-13-28)14-21(22)26-23(29)16-27(2)15-18-19(24)8-7-9-20(18)25/h7-11,14H,3-6,12-13,15-16H2,1-2H3,(H,26,29). The van der Waals surface area contributed by atoms with Gasteiger partial charge in [0, 0.05) is 30.2 Å². The van der Waals surface area contributed by atoms with E-state index in [2.05, 4.69) is 5.32 Å². The second kappa shape index (κ2) is 11.3. The van der Waals surface area contributed by atoms with Gasteiger partial charge in [-0.3, -0.25) is 9.69 Å². The molecule has 1 aliphatic rings. The molecule has 180 valence electrons. The third-order valence-corrected chi connectivity index (χ3v) is 7.63. The molecule has 0 saturated carbocycles. The third kappa shape index (κ3) is 6.44. The summed E-state index contributed by atoms with van der Waals surface area (Å²) in [6.45, 7) is 3.21. The summed E-state index contributed by atoms with van der Waals surface area (Å²) >= 11 is 6.07. The van der Waals surface area contributed by atoms with Gasteiger partial charge in [-0.1, -0.05) is 24.1 Å². The van der Waals surface area contributed by atoms with E-state index in [1.807, 2.05) is 0 Å². The van der Waals surface area contributed by atoms with Crippen molar-refractivity contribution in [1.82, 2.24) is 9.21 Å². The Labute approximate surface area is 199 Å². The lowest BCUT2D eigenvalue weighted by atomic mass is 10.2. The maximum absolute atomic E-state index is 14.1. The summed E-state index contributed by atoms with van der Waals surface area (Å²) in [5.41, 5.74) is 0.580. The first kappa shape index (κ1) is 25.4. The molecule has 1 amide bonds. The van der Waals surface area contributed by atoms with E-state index in [1.54, 1.807) is 31.0 Å². The van der Waals surface area contributed by atoms with Crippen molar-refractivity contribution >= 4 is 33.2 Å². The molecule has 33 heavy (non-hydrogen) atoms. The molecule has 1 N–H and O–H groups in total. The molecule has 0 spiro atoms. The van der Waals surface area contributed by atoms with Crippen LogP contribution in [-0.2, 0) is 21.4 Å². The summed E-state index contributed by atoms with van der Waals surface area (Å²) in [7, 11) is -2.00. The van der Waals surface area contributed by atoms with Gasteiger partial charge in [-0.05, 0) is 57.1 Å². The molecule has 0 aliphatic carbocycles. The Kier molecular flexibility index (Phi) is 8.69. The number of carbonyl (C=O) groups is 1. The van der Waals surface area contributed by atoms with E-state index in [0.29, 0.717) is 31.0 Å². The SMILES string of the molecule is CCOc1ccc(S(=O)(=O)N2CCCCC2)cc1NC(=O)CN(C)Cc1c(F)cccc1Cl. The highest BCUT2D eigenvalue weighted by Crippen LogP contribution is 2.30. The van der Waals surface area contributed by atoms with E-state index in [0.717, 1.165) is 19.3 Å². The number of rotatable bonds is 9. The van der Waals surface area contributed by atoms with Crippen molar-refractivity contribution in [2.24, 2.45) is 0 Å². The average molecular weight is 498 g/mol. The Morgan fingerprint density at radius 1 is 1.21 bits per heavy atom. The van der Waals surface area contributed by atoms with Gasteiger partial charge in [-0.25, -0.2) is 12.8 Å². The predicted octanol–water partition coefficient (Wildman–Crippen LogP) is 4.12. The molecule has 7 nitrogen and oxygen atoms in total. The zero-order valence-electron chi connectivity index (χ0n) is 18.8. The van der Waals surface area contributed by atoms with E-state index in [1.165, 1.54) is 28.6 Å². The molecule has 2 aromatic carbocycles. The van der Waals surface area contributed by atoms with Crippen LogP contribution < -0.4 is 10.1 Å². The minimum Gasteiger partial charge on any atom is -0.492 e. The number of hydrogen-bond donors (Lipinski definition) is 1. The smallest absolute Gasteiger partial charge is 0.243 e. The highest BCUT2D eigenvalue weighted by molar-refractivity contribution is 7.89. The van der Waals surface area contributed by atoms with Crippen molar-refractivity contribution in [2.45, 2.75) is 37.6 Å². The number of halogens is 2. The van der Waals surface area contributed by atoms with Gasteiger partial charge in [-0.2, -0.15) is 4.31 Å². The number of likely N-dealkylation sites (N-methyl/N-ethyl adjacent to an activating group) is 1. The third-order valence-electron chi connectivity index (χ3n) is 5.38. The molecule has 3 rings (SSSR count). The number of benzene rings is 2. The van der Waals surface area contributed by atoms with Gasteiger partial charge in [0.1, 0.15) is 11.6 Å². The molecule has 2 aromatic rings. The topological polar surface area (TPSA) is 79.0 Å². The first-order valence-electron chi connectivity index (χ1n) is 10.9. The van der Waals surface area contributed by atoms with Gasteiger partial charge in [0.2, 0.25) is 15.9 Å². The minimum atomic E-state index is -3.67. The van der Waals surface area contributed by atoms with Crippen molar-refractivity contribution < 1.29 is 22.3 Å². The number of nitrogens with zero attached hydrogens (tertiary/aromatic N) is 2. The summed E-state index contributed by atoms with van der Waals surface area (Å²) in [5, 5.41) is 3.03. The molecule has 1 saturated heterocycles. The molecule has 0 aromatic heterocycles. The zero-order chi connectivity index (χ0) is 24.0. The molecule has 0 radical (unpaired) electrons. The van der Waals surface area contributed by atoms with Crippen LogP contribution in [0.3, 0.4) is 0 Å². The Morgan fingerprint density at radius 2 is 1.94 bits per heavy atom. The summed E-state index contributed by atoms with van der Waals surface area (Å²) in [4.78, 5) is 14.4. The van der Waals surface area contributed by atoms with Crippen LogP contribution in [0.1, 0.15) is 31.7 Å². The van der Waals surface area contributed by atoms with Crippen molar-refractivity contribution in [3.8, 4) is 5.75 Å². The van der Waals surface area contributed by atoms with Gasteiger partial charge in [0.05, 0.1) is 23.7 Å². The molecule has 0 bridgehead atoms. The van der Waals surface area contributed by atoms with Gasteiger partial charge < -0.3 is 10.1 Å². The highest BCUT2D eigenvalue weighted by Gasteiger charge is 2.27. The predicted molar refractivity (Wildman–Crippen MR) is 127 cm³/mol. The second-order valence-corrected chi connectivity index (χ2v) is 10.3. The number of hydrogen-bond acceptors (Lipinski definition) is 5. The van der Waals surface area contributed by atoms with Crippen LogP contribution in [0.5, 0.6) is 5.75 Å². The summed E-state index contributed by atoms with van der Waals surface area (Å²) < 4.78 is 47.2. The number of sulfonamides is 1. The number of piperidine rings is 1. The molecular weight excluding hydrogens is 469 g/mol. The fourth-order valence-corrected chi connectivity index (χ4v) is 5.51. The van der Waals surface area contributed by atoms with Crippen LogP contribution in [0, 0.1) is 5.82 Å². The van der Waals surface area contributed by atoms with E-state index >= 15 is 0 Å². The summed E-state index contributed by atoms with van der Waals surface area (Å²) in [6.07, 6.45) is 2.68. The maximum atomic E-state index is 14.1. The van der Waals surface area contributed by atoms with Gasteiger partial charge in [0.15, 0.2) is 0 Å². The highest BCUT2D eigenvalue weighted by atomic mass is 35.5. The molecule has 10 heteroatoms. The Hall–Kier alpha value is -2.20. The summed E-state index contributed by atoms with van der Waals surface area (Å²) in [5.74, 6) is -0.453. The zero-order valence-corrected chi connectivity index (χ0v) is 20.4. The summed E-state index contributed by atoms with van der Waals surface area (Å²) in [6, 6.07) is 8.92. The van der Waals surface area contributed by atoms with Crippen LogP contribution in [0.4, 0.5) is 10.1 Å². The Morgan fingerprint density at radius 3 is 2.61 bits per heavy atom. The lowest BCUT2D eigenvalue weighted by Gasteiger charge is -2.26. The van der Waals surface area contributed by atoms with Gasteiger partial charge >= 0.3 is 0 Å². The Balaban J connectivity index is 1.75. The number of nitrogens with one attached hydrogen (secondary N) is 1. The first-order valence-corrected chi connectivity index (χ1v) is 12.7. The van der Waals surface area contributed by atoms with Crippen LogP contribution >= 0.6 is 11.6 Å². The monoisotopic (exact) mass is 497 g/mol. The van der Waals surface area contributed by atoms with Crippen molar-refractivity contribution in [3.05, 3.63) is 52.8 Å². The van der Waals surface area contributed by atoms with Crippen molar-refractivity contribution in [1.29, 1.82) is 0 Å². The van der Waals surface area contributed by atoms with Crippen LogP contribution in [0.25, 0.3) is 0 Å². The normalized spacial score (nSPS) is 14.9. The minimum absolute atomic E-state index is 0.0562. The van der Waals surface area contributed by atoms with Crippen LogP contribution in [0.2, 0.25) is 5.02 Å². The van der Waals surface area contributed by atoms with E-state index < -0.39 is 21.7 Å². The second-order valence-electron chi connectivity index (χ2n) is 7.98. The molecule has 1 fully saturated rings. The molecule has 0 atom stereocenters. The molecule has 1 heterocycles. The number of carbonyl (C=O) groups excluding carboxylic acids is 1. The van der Waals surface area contributed by atoms with Crippen molar-refractivity contribution in [3.63, 3.8) is 0 Å². The molecule has 1 aliphatic heterocycles. The van der Waals surface area contributed by atoms with Crippen LogP contribution in [-0.4, -0.2) is 56.8 Å². The quantitative estimate of drug-likeness (QED) is 0.563. The van der Waals surface area contributed by atoms with E-state index in [4.69, 9.17) is 16.3 Å². The fraction of sp³-hybridized carbons (Fsp3) is 0.435. The molecular formula is C23H29ClFN3O4S. The lowest BCUT2D eigenvalue weighted by Crippen LogP contribution is -2.35. The number of anilines is 1. The van der Waals surface area contributed by atoms with Gasteiger partial charge in [0.25, 0.3) is 0 Å². The maximum Gasteiger partial charge on any atom is 0.243 e. The lowest BCUT2D eigenvalue weighted by molar-refractivity contribution is -0.117. The largest absolute Gasteiger partial charge is 0.492 e. The first-order chi connectivity index (χ1) is 15.7. The van der Waals surface area contributed by atoms with E-state index in [-0.39, 0.29) is 28.7 Å². The van der Waals surface area contributed by atoms with Crippen molar-refractivity contribution in [2.75, 3.05) is 38.6 Å². The van der Waals surface area contributed by atoms with Gasteiger partial charge in [-0.15, -0.1) is 0 Å². The average Bonchev–Trinajstić information content (AvgIpc) is 2.78. The fourth-order valence-electron chi connectivity index (χ4n) is 3.75. The van der Waals surface area contributed by atoms with Crippen LogP contribution in [0.15, 0.2) is 41.3 Å². The number of ether oxygens (including phenoxy) is 1. The van der Waals surface area contributed by atoms with E-state index in [9.17, 15) is 17.6 Å². The molecule has 0 unspecified atom stereocenters. The number of amides is 1.